The van der Waals surface area contributed by atoms with Crippen molar-refractivity contribution in [1.29, 1.82) is 0 Å². The zero-order valence-corrected chi connectivity index (χ0v) is 13.4. The molecule has 2 N–H and O–H groups in total. The van der Waals surface area contributed by atoms with Crippen LogP contribution in [0.2, 0.25) is 0 Å². The molecule has 5 heteroatoms. The van der Waals surface area contributed by atoms with Crippen LogP contribution >= 0.6 is 11.3 Å². The van der Waals surface area contributed by atoms with E-state index in [1.54, 1.807) is 35.6 Å². The van der Waals surface area contributed by atoms with E-state index in [1.807, 2.05) is 19.9 Å². The van der Waals surface area contributed by atoms with Gasteiger partial charge in [-0.1, -0.05) is 0 Å². The van der Waals surface area contributed by atoms with Gasteiger partial charge < -0.3 is 10.6 Å². The van der Waals surface area contributed by atoms with Crippen molar-refractivity contribution in [2.45, 2.75) is 32.7 Å². The van der Waals surface area contributed by atoms with E-state index in [0.717, 1.165) is 22.6 Å². The van der Waals surface area contributed by atoms with Gasteiger partial charge in [-0.15, -0.1) is 11.3 Å². The Kier molecular flexibility index (Phi) is 3.98. The van der Waals surface area contributed by atoms with E-state index in [0.29, 0.717) is 22.9 Å². The molecule has 3 rings (SSSR count). The van der Waals surface area contributed by atoms with Gasteiger partial charge in [-0.05, 0) is 57.0 Å². The fraction of sp³-hybridized carbons (Fsp3) is 0.294. The van der Waals surface area contributed by atoms with Gasteiger partial charge in [0.2, 0.25) is 0 Å². The molecule has 0 unspecified atom stereocenters. The molecule has 0 spiro atoms. The van der Waals surface area contributed by atoms with Crippen molar-refractivity contribution in [2.24, 2.45) is 0 Å². The zero-order valence-electron chi connectivity index (χ0n) is 12.6. The lowest BCUT2D eigenvalue weighted by molar-refractivity contribution is 0.0950. The molecule has 0 aliphatic heterocycles. The van der Waals surface area contributed by atoms with E-state index in [1.165, 1.54) is 0 Å². The highest BCUT2D eigenvalue weighted by atomic mass is 32.1. The summed E-state index contributed by atoms with van der Waals surface area (Å²) in [5.41, 5.74) is 2.02. The standard InChI is InChI=1S/C17H18N2O2S/c1-10-9-15(11(2)22-10)17(21)19-13-5-3-12(4-6-13)16(20)18-14-7-8-14/h3-6,9,14H,7-8H2,1-2H3,(H,18,20)(H,19,21). The third kappa shape index (κ3) is 3.36. The lowest BCUT2D eigenvalue weighted by Crippen LogP contribution is -2.25. The van der Waals surface area contributed by atoms with Gasteiger partial charge in [0.25, 0.3) is 11.8 Å². The number of thiophene rings is 1. The number of hydrogen-bond acceptors (Lipinski definition) is 3. The Balaban J connectivity index is 1.66. The van der Waals surface area contributed by atoms with Crippen LogP contribution < -0.4 is 10.6 Å². The number of carbonyl (C=O) groups is 2. The van der Waals surface area contributed by atoms with Crippen LogP contribution in [0.4, 0.5) is 5.69 Å². The minimum absolute atomic E-state index is 0.0512. The number of amides is 2. The van der Waals surface area contributed by atoms with E-state index >= 15 is 0 Å². The average molecular weight is 314 g/mol. The summed E-state index contributed by atoms with van der Waals surface area (Å²) >= 11 is 1.61. The van der Waals surface area contributed by atoms with E-state index in [4.69, 9.17) is 0 Å². The first kappa shape index (κ1) is 14.8. The Labute approximate surface area is 133 Å². The number of benzene rings is 1. The van der Waals surface area contributed by atoms with Gasteiger partial charge in [-0.25, -0.2) is 0 Å². The molecule has 0 atom stereocenters. The molecule has 1 fully saturated rings. The summed E-state index contributed by atoms with van der Waals surface area (Å²) in [6.45, 7) is 3.93. The van der Waals surface area contributed by atoms with Crippen molar-refractivity contribution in [1.82, 2.24) is 5.32 Å². The molecule has 1 heterocycles. The zero-order chi connectivity index (χ0) is 15.7. The highest BCUT2D eigenvalue weighted by Crippen LogP contribution is 2.22. The van der Waals surface area contributed by atoms with Crippen molar-refractivity contribution in [2.75, 3.05) is 5.32 Å². The Morgan fingerprint density at radius 1 is 1.09 bits per heavy atom. The Hall–Kier alpha value is -2.14. The monoisotopic (exact) mass is 314 g/mol. The number of carbonyl (C=O) groups excluding carboxylic acids is 2. The van der Waals surface area contributed by atoms with Crippen LogP contribution in [0.15, 0.2) is 30.3 Å². The van der Waals surface area contributed by atoms with Crippen LogP contribution in [0.25, 0.3) is 0 Å². The molecule has 2 amide bonds. The first-order chi connectivity index (χ1) is 10.5. The summed E-state index contributed by atoms with van der Waals surface area (Å²) in [5, 5.41) is 5.81. The van der Waals surface area contributed by atoms with Crippen molar-refractivity contribution in [3.05, 3.63) is 51.2 Å². The summed E-state index contributed by atoms with van der Waals surface area (Å²) in [7, 11) is 0. The lowest BCUT2D eigenvalue weighted by atomic mass is 10.1. The van der Waals surface area contributed by atoms with Crippen molar-refractivity contribution in [3.63, 3.8) is 0 Å². The van der Waals surface area contributed by atoms with Crippen LogP contribution in [0, 0.1) is 13.8 Å². The third-order valence-corrected chi connectivity index (χ3v) is 4.57. The van der Waals surface area contributed by atoms with Crippen LogP contribution in [-0.4, -0.2) is 17.9 Å². The Bertz CT molecular complexity index is 715. The number of aryl methyl sites for hydroxylation is 2. The second-order valence-corrected chi connectivity index (χ2v) is 7.07. The molecule has 1 aromatic heterocycles. The molecule has 22 heavy (non-hydrogen) atoms. The van der Waals surface area contributed by atoms with Gasteiger partial charge in [0, 0.05) is 27.0 Å². The molecule has 0 saturated heterocycles. The Morgan fingerprint density at radius 2 is 1.77 bits per heavy atom. The van der Waals surface area contributed by atoms with Crippen LogP contribution in [-0.2, 0) is 0 Å². The molecule has 2 aromatic rings. The van der Waals surface area contributed by atoms with Crippen LogP contribution in [0.5, 0.6) is 0 Å². The van der Waals surface area contributed by atoms with E-state index in [9.17, 15) is 9.59 Å². The largest absolute Gasteiger partial charge is 0.349 e. The Morgan fingerprint density at radius 3 is 2.32 bits per heavy atom. The molecule has 0 radical (unpaired) electrons. The quantitative estimate of drug-likeness (QED) is 0.907. The minimum atomic E-state index is -0.114. The van der Waals surface area contributed by atoms with Gasteiger partial charge in [0.1, 0.15) is 0 Å². The maximum atomic E-state index is 12.2. The summed E-state index contributed by atoms with van der Waals surface area (Å²) in [4.78, 5) is 26.3. The predicted molar refractivity (Wildman–Crippen MR) is 88.7 cm³/mol. The molecule has 1 aliphatic rings. The highest BCUT2D eigenvalue weighted by molar-refractivity contribution is 7.12. The topological polar surface area (TPSA) is 58.2 Å². The van der Waals surface area contributed by atoms with Gasteiger partial charge in [0.15, 0.2) is 0 Å². The van der Waals surface area contributed by atoms with Crippen LogP contribution in [0.1, 0.15) is 43.3 Å². The fourth-order valence-electron chi connectivity index (χ4n) is 2.26. The van der Waals surface area contributed by atoms with E-state index in [2.05, 4.69) is 10.6 Å². The lowest BCUT2D eigenvalue weighted by Gasteiger charge is -2.07. The molecule has 1 saturated carbocycles. The normalized spacial score (nSPS) is 13.7. The first-order valence-corrected chi connectivity index (χ1v) is 8.14. The molecule has 0 bridgehead atoms. The van der Waals surface area contributed by atoms with Gasteiger partial charge in [-0.2, -0.15) is 0 Å². The highest BCUT2D eigenvalue weighted by Gasteiger charge is 2.23. The van der Waals surface area contributed by atoms with Gasteiger partial charge >= 0.3 is 0 Å². The number of anilines is 1. The summed E-state index contributed by atoms with van der Waals surface area (Å²) < 4.78 is 0. The maximum absolute atomic E-state index is 12.2. The summed E-state index contributed by atoms with van der Waals surface area (Å²) in [6.07, 6.45) is 2.14. The van der Waals surface area contributed by atoms with Gasteiger partial charge in [0.05, 0.1) is 5.56 Å². The van der Waals surface area contributed by atoms with Crippen LogP contribution in [0.3, 0.4) is 0 Å². The first-order valence-electron chi connectivity index (χ1n) is 7.32. The average Bonchev–Trinajstić information content (AvgIpc) is 3.22. The third-order valence-electron chi connectivity index (χ3n) is 3.60. The number of nitrogens with one attached hydrogen (secondary N) is 2. The molecular weight excluding hydrogens is 296 g/mol. The second kappa shape index (κ2) is 5.93. The fourth-order valence-corrected chi connectivity index (χ4v) is 3.18. The molecule has 114 valence electrons. The molecular formula is C17H18N2O2S. The second-order valence-electron chi connectivity index (χ2n) is 5.61. The maximum Gasteiger partial charge on any atom is 0.256 e. The smallest absolute Gasteiger partial charge is 0.256 e. The van der Waals surface area contributed by atoms with Gasteiger partial charge in [-0.3, -0.25) is 9.59 Å². The molecule has 1 aliphatic carbocycles. The van der Waals surface area contributed by atoms with Crippen molar-refractivity contribution >= 4 is 28.8 Å². The van der Waals surface area contributed by atoms with E-state index < -0.39 is 0 Å². The summed E-state index contributed by atoms with van der Waals surface area (Å²) in [5.74, 6) is -0.165. The predicted octanol–water partition coefficient (Wildman–Crippen LogP) is 3.51. The van der Waals surface area contributed by atoms with Crippen molar-refractivity contribution in [3.8, 4) is 0 Å². The summed E-state index contributed by atoms with van der Waals surface area (Å²) in [6, 6.07) is 9.23. The van der Waals surface area contributed by atoms with E-state index in [-0.39, 0.29) is 11.8 Å². The molecule has 4 nitrogen and oxygen atoms in total. The number of hydrogen-bond donors (Lipinski definition) is 2. The minimum Gasteiger partial charge on any atom is -0.349 e. The number of rotatable bonds is 4. The SMILES string of the molecule is Cc1cc(C(=O)Nc2ccc(C(=O)NC3CC3)cc2)c(C)s1. The van der Waals surface area contributed by atoms with Crippen molar-refractivity contribution < 1.29 is 9.59 Å². The molecule has 1 aromatic carbocycles.